The van der Waals surface area contributed by atoms with Gasteiger partial charge < -0.3 is 0 Å². The highest BCUT2D eigenvalue weighted by atomic mass is 16.1. The largest absolute Gasteiger partial charge is 0.299 e. The van der Waals surface area contributed by atoms with Gasteiger partial charge >= 0.3 is 0 Å². The molecule has 0 bridgehead atoms. The van der Waals surface area contributed by atoms with Crippen LogP contribution in [-0.4, -0.2) is 5.78 Å². The molecule has 0 N–H and O–H groups in total. The normalized spacial score (nSPS) is 28.5. The third-order valence-electron chi connectivity index (χ3n) is 2.95. The predicted octanol–water partition coefficient (Wildman–Crippen LogP) is 3.35. The van der Waals surface area contributed by atoms with E-state index >= 15 is 0 Å². The average Bonchev–Trinajstić information content (AvgIpc) is 2.04. The van der Waals surface area contributed by atoms with Crippen LogP contribution in [0.5, 0.6) is 0 Å². The first-order valence-corrected chi connectivity index (χ1v) is 5.26. The Labute approximate surface area is 81.2 Å². The minimum Gasteiger partial charge on any atom is -0.299 e. The smallest absolute Gasteiger partial charge is 0.139 e. The van der Waals surface area contributed by atoms with Crippen molar-refractivity contribution in [1.29, 1.82) is 0 Å². The van der Waals surface area contributed by atoms with Crippen LogP contribution in [0.25, 0.3) is 0 Å². The van der Waals surface area contributed by atoms with Crippen LogP contribution in [0.2, 0.25) is 0 Å². The first-order valence-electron chi connectivity index (χ1n) is 5.26. The second-order valence-corrected chi connectivity index (χ2v) is 4.56. The second kappa shape index (κ2) is 4.59. The van der Waals surface area contributed by atoms with Gasteiger partial charge in [-0.3, -0.25) is 4.79 Å². The van der Waals surface area contributed by atoms with Crippen LogP contribution in [0.4, 0.5) is 0 Å². The summed E-state index contributed by atoms with van der Waals surface area (Å²) in [4.78, 5) is 11.7. The molecule has 0 aromatic heterocycles. The third kappa shape index (κ3) is 3.33. The summed E-state index contributed by atoms with van der Waals surface area (Å²) in [6, 6.07) is 0. The first-order chi connectivity index (χ1) is 6.09. The van der Waals surface area contributed by atoms with Crippen LogP contribution in [0.1, 0.15) is 46.0 Å². The molecule has 0 radical (unpaired) electrons. The fraction of sp³-hybridized carbons (Fsp3) is 0.750. The highest BCUT2D eigenvalue weighted by molar-refractivity contribution is 5.83. The van der Waals surface area contributed by atoms with Crippen LogP contribution < -0.4 is 0 Å². The molecular weight excluding hydrogens is 160 g/mol. The van der Waals surface area contributed by atoms with Crippen molar-refractivity contribution in [3.63, 3.8) is 0 Å². The molecule has 1 rings (SSSR count). The molecule has 0 atom stereocenters. The van der Waals surface area contributed by atoms with Gasteiger partial charge in [0.2, 0.25) is 0 Å². The molecule has 0 amide bonds. The van der Waals surface area contributed by atoms with Gasteiger partial charge in [0, 0.05) is 12.3 Å². The Morgan fingerprint density at radius 2 is 1.85 bits per heavy atom. The van der Waals surface area contributed by atoms with Crippen molar-refractivity contribution in [3.8, 4) is 0 Å². The van der Waals surface area contributed by atoms with Crippen LogP contribution >= 0.6 is 0 Å². The summed E-state index contributed by atoms with van der Waals surface area (Å²) in [7, 11) is 0. The molecule has 0 aliphatic heterocycles. The van der Waals surface area contributed by atoms with Gasteiger partial charge in [-0.25, -0.2) is 0 Å². The van der Waals surface area contributed by atoms with Crippen molar-refractivity contribution < 1.29 is 4.79 Å². The molecule has 0 heterocycles. The summed E-state index contributed by atoms with van der Waals surface area (Å²) in [6.07, 6.45) is 5.26. The van der Waals surface area contributed by atoms with E-state index in [0.717, 1.165) is 24.3 Å². The Kier molecular flexibility index (Phi) is 3.71. The third-order valence-corrected chi connectivity index (χ3v) is 2.95. The van der Waals surface area contributed by atoms with Crippen molar-refractivity contribution in [3.05, 3.63) is 12.2 Å². The fourth-order valence-corrected chi connectivity index (χ4v) is 2.02. The van der Waals surface area contributed by atoms with E-state index in [2.05, 4.69) is 13.5 Å². The van der Waals surface area contributed by atoms with E-state index in [-0.39, 0.29) is 0 Å². The lowest BCUT2D eigenvalue weighted by Gasteiger charge is -2.25. The van der Waals surface area contributed by atoms with Gasteiger partial charge in [-0.05, 0) is 25.7 Å². The van der Waals surface area contributed by atoms with Crippen molar-refractivity contribution in [2.45, 2.75) is 46.0 Å². The van der Waals surface area contributed by atoms with E-state index < -0.39 is 0 Å². The Hall–Kier alpha value is -0.590. The molecule has 1 saturated carbocycles. The van der Waals surface area contributed by atoms with E-state index in [1.807, 2.05) is 6.92 Å². The number of rotatable bonds is 3. The van der Waals surface area contributed by atoms with Gasteiger partial charge in [-0.1, -0.05) is 31.9 Å². The maximum Gasteiger partial charge on any atom is 0.139 e. The summed E-state index contributed by atoms with van der Waals surface area (Å²) in [5.74, 6) is 1.58. The van der Waals surface area contributed by atoms with Crippen molar-refractivity contribution in [1.82, 2.24) is 0 Å². The molecule has 1 nitrogen and oxygen atoms in total. The molecule has 74 valence electrons. The molecule has 0 aromatic carbocycles. The number of hydrogen-bond acceptors (Lipinski definition) is 1. The molecule has 1 aliphatic carbocycles. The Morgan fingerprint density at radius 1 is 1.31 bits per heavy atom. The van der Waals surface area contributed by atoms with Crippen LogP contribution in [-0.2, 0) is 4.79 Å². The number of allylic oxidation sites excluding steroid dienone is 1. The lowest BCUT2D eigenvalue weighted by molar-refractivity contribution is -0.123. The predicted molar refractivity (Wildman–Crippen MR) is 55.6 cm³/mol. The maximum absolute atomic E-state index is 11.7. The van der Waals surface area contributed by atoms with E-state index in [0.29, 0.717) is 18.1 Å². The number of carbonyl (C=O) groups excluding carboxylic acids is 1. The van der Waals surface area contributed by atoms with Crippen molar-refractivity contribution >= 4 is 5.78 Å². The topological polar surface area (TPSA) is 17.1 Å². The van der Waals surface area contributed by atoms with Gasteiger partial charge in [0.1, 0.15) is 5.78 Å². The molecule has 0 unspecified atom stereocenters. The number of Topliss-reactive ketones (excluding diaryl/α,β-unsaturated/α-hetero) is 1. The lowest BCUT2D eigenvalue weighted by atomic mass is 9.80. The van der Waals surface area contributed by atoms with Gasteiger partial charge in [0.05, 0.1) is 0 Å². The molecular formula is C12H20O. The molecule has 0 aromatic rings. The summed E-state index contributed by atoms with van der Waals surface area (Å²) < 4.78 is 0. The van der Waals surface area contributed by atoms with E-state index in [1.54, 1.807) is 0 Å². The first kappa shape index (κ1) is 10.5. The molecule has 1 fully saturated rings. The number of ketones is 1. The molecule has 1 aliphatic rings. The molecule has 1 heteroatoms. The van der Waals surface area contributed by atoms with Gasteiger partial charge in [-0.2, -0.15) is 0 Å². The fourth-order valence-electron chi connectivity index (χ4n) is 2.02. The zero-order chi connectivity index (χ0) is 9.84. The van der Waals surface area contributed by atoms with Crippen LogP contribution in [0, 0.1) is 11.8 Å². The van der Waals surface area contributed by atoms with E-state index in [1.165, 1.54) is 12.8 Å². The SMILES string of the molecule is C=C(C)CC(=O)C1CCC(C)CC1. The van der Waals surface area contributed by atoms with Gasteiger partial charge in [0.25, 0.3) is 0 Å². The second-order valence-electron chi connectivity index (χ2n) is 4.56. The minimum absolute atomic E-state index is 0.341. The summed E-state index contributed by atoms with van der Waals surface area (Å²) in [6.45, 7) is 8.00. The van der Waals surface area contributed by atoms with Crippen molar-refractivity contribution in [2.24, 2.45) is 11.8 Å². The Morgan fingerprint density at radius 3 is 2.31 bits per heavy atom. The standard InChI is InChI=1S/C12H20O/c1-9(2)8-12(13)11-6-4-10(3)5-7-11/h10-11H,1,4-8H2,2-3H3. The summed E-state index contributed by atoms with van der Waals surface area (Å²) in [5, 5.41) is 0. The quantitative estimate of drug-likeness (QED) is 0.609. The lowest BCUT2D eigenvalue weighted by Crippen LogP contribution is -2.20. The van der Waals surface area contributed by atoms with Crippen LogP contribution in [0.15, 0.2) is 12.2 Å². The summed E-state index contributed by atoms with van der Waals surface area (Å²) in [5.41, 5.74) is 1.00. The maximum atomic E-state index is 11.7. The monoisotopic (exact) mass is 180 g/mol. The minimum atomic E-state index is 0.341. The molecule has 0 spiro atoms. The highest BCUT2D eigenvalue weighted by Gasteiger charge is 2.23. The Balaban J connectivity index is 2.36. The van der Waals surface area contributed by atoms with Gasteiger partial charge in [0.15, 0.2) is 0 Å². The van der Waals surface area contributed by atoms with Crippen molar-refractivity contribution in [2.75, 3.05) is 0 Å². The zero-order valence-electron chi connectivity index (χ0n) is 8.81. The van der Waals surface area contributed by atoms with Gasteiger partial charge in [-0.15, -0.1) is 0 Å². The van der Waals surface area contributed by atoms with E-state index in [9.17, 15) is 4.79 Å². The zero-order valence-corrected chi connectivity index (χ0v) is 8.81. The molecule has 0 saturated heterocycles. The van der Waals surface area contributed by atoms with Crippen LogP contribution in [0.3, 0.4) is 0 Å². The molecule has 13 heavy (non-hydrogen) atoms. The average molecular weight is 180 g/mol. The summed E-state index contributed by atoms with van der Waals surface area (Å²) >= 11 is 0. The number of hydrogen-bond donors (Lipinski definition) is 0. The number of carbonyl (C=O) groups is 1. The van der Waals surface area contributed by atoms with E-state index in [4.69, 9.17) is 0 Å². The highest BCUT2D eigenvalue weighted by Crippen LogP contribution is 2.29. The Bertz CT molecular complexity index is 197.